The van der Waals surface area contributed by atoms with Gasteiger partial charge in [-0.2, -0.15) is 0 Å². The fourth-order valence-electron chi connectivity index (χ4n) is 3.90. The summed E-state index contributed by atoms with van der Waals surface area (Å²) in [6.45, 7) is 2.69. The first kappa shape index (κ1) is 21.1. The van der Waals surface area contributed by atoms with Gasteiger partial charge >= 0.3 is 6.09 Å². The lowest BCUT2D eigenvalue weighted by Gasteiger charge is -2.38. The van der Waals surface area contributed by atoms with Gasteiger partial charge in [-0.25, -0.2) is 9.78 Å². The van der Waals surface area contributed by atoms with Gasteiger partial charge in [0.1, 0.15) is 0 Å². The highest BCUT2D eigenvalue weighted by Gasteiger charge is 2.30. The molecule has 31 heavy (non-hydrogen) atoms. The maximum atomic E-state index is 13.1. The Kier molecular flexibility index (Phi) is 5.80. The van der Waals surface area contributed by atoms with E-state index >= 15 is 0 Å². The van der Waals surface area contributed by atoms with Crippen molar-refractivity contribution >= 4 is 34.5 Å². The minimum absolute atomic E-state index is 0.0681. The Morgan fingerprint density at radius 3 is 2.68 bits per heavy atom. The number of piperazine rings is 1. The second kappa shape index (κ2) is 8.53. The SMILES string of the molecule is C[C@@H]1CN(C(=O)c2ccc3c(Cl)cc(-c4cccc(CO)c4)nc3c2)CCN1C(=O)O. The number of aliphatic hydroxyl groups excluding tert-OH is 1. The topological polar surface area (TPSA) is 94.0 Å². The largest absolute Gasteiger partial charge is 0.465 e. The zero-order valence-corrected chi connectivity index (χ0v) is 17.7. The van der Waals surface area contributed by atoms with Crippen molar-refractivity contribution in [2.45, 2.75) is 19.6 Å². The number of carboxylic acid groups (broad SMARTS) is 1. The zero-order valence-electron chi connectivity index (χ0n) is 17.0. The van der Waals surface area contributed by atoms with E-state index in [9.17, 15) is 19.8 Å². The summed E-state index contributed by atoms with van der Waals surface area (Å²) in [7, 11) is 0. The number of aromatic nitrogens is 1. The van der Waals surface area contributed by atoms with Gasteiger partial charge in [-0.3, -0.25) is 4.79 Å². The molecule has 1 aliphatic heterocycles. The Labute approximate surface area is 184 Å². The third-order valence-electron chi connectivity index (χ3n) is 5.57. The summed E-state index contributed by atoms with van der Waals surface area (Å²) in [5.41, 5.74) is 3.33. The molecule has 4 rings (SSSR count). The van der Waals surface area contributed by atoms with E-state index in [0.29, 0.717) is 34.9 Å². The summed E-state index contributed by atoms with van der Waals surface area (Å²) < 4.78 is 0. The second-order valence-electron chi connectivity index (χ2n) is 7.66. The number of rotatable bonds is 3. The first-order valence-electron chi connectivity index (χ1n) is 9.96. The third kappa shape index (κ3) is 4.19. The zero-order chi connectivity index (χ0) is 22.1. The predicted octanol–water partition coefficient (Wildman–Crippen LogP) is 3.87. The third-order valence-corrected chi connectivity index (χ3v) is 5.88. The summed E-state index contributed by atoms with van der Waals surface area (Å²) in [5, 5.41) is 19.9. The van der Waals surface area contributed by atoms with Gasteiger partial charge in [0.15, 0.2) is 0 Å². The van der Waals surface area contributed by atoms with Crippen LogP contribution in [-0.4, -0.2) is 62.7 Å². The highest BCUT2D eigenvalue weighted by molar-refractivity contribution is 6.35. The van der Waals surface area contributed by atoms with E-state index in [2.05, 4.69) is 0 Å². The second-order valence-corrected chi connectivity index (χ2v) is 8.06. The van der Waals surface area contributed by atoms with Crippen molar-refractivity contribution < 1.29 is 19.8 Å². The number of hydrogen-bond donors (Lipinski definition) is 2. The fraction of sp³-hybridized carbons (Fsp3) is 0.261. The Morgan fingerprint density at radius 2 is 1.97 bits per heavy atom. The molecule has 2 amide bonds. The molecule has 0 unspecified atom stereocenters. The monoisotopic (exact) mass is 439 g/mol. The quantitative estimate of drug-likeness (QED) is 0.646. The van der Waals surface area contributed by atoms with Gasteiger partial charge in [0.2, 0.25) is 0 Å². The summed E-state index contributed by atoms with van der Waals surface area (Å²) in [4.78, 5) is 32.0. The lowest BCUT2D eigenvalue weighted by Crippen LogP contribution is -2.55. The number of carbonyl (C=O) groups excluding carboxylic acids is 1. The Balaban J connectivity index is 1.65. The summed E-state index contributed by atoms with van der Waals surface area (Å²) in [5.74, 6) is -0.163. The molecule has 0 radical (unpaired) electrons. The van der Waals surface area contributed by atoms with Crippen molar-refractivity contribution in [3.63, 3.8) is 0 Å². The van der Waals surface area contributed by atoms with Crippen LogP contribution in [0.4, 0.5) is 4.79 Å². The normalized spacial score (nSPS) is 16.5. The van der Waals surface area contributed by atoms with Crippen molar-refractivity contribution in [1.82, 2.24) is 14.8 Å². The minimum atomic E-state index is -0.970. The highest BCUT2D eigenvalue weighted by Crippen LogP contribution is 2.29. The van der Waals surface area contributed by atoms with Gasteiger partial charge in [0.25, 0.3) is 5.91 Å². The molecule has 1 aliphatic rings. The van der Waals surface area contributed by atoms with Crippen molar-refractivity contribution in [1.29, 1.82) is 0 Å². The van der Waals surface area contributed by atoms with Crippen molar-refractivity contribution in [2.24, 2.45) is 0 Å². The van der Waals surface area contributed by atoms with Crippen LogP contribution in [0, 0.1) is 0 Å². The van der Waals surface area contributed by atoms with Crippen molar-refractivity contribution in [3.8, 4) is 11.3 Å². The Hall–Kier alpha value is -3.16. The van der Waals surface area contributed by atoms with Crippen LogP contribution in [0.3, 0.4) is 0 Å². The molecular weight excluding hydrogens is 418 g/mol. The molecule has 3 aromatic rings. The van der Waals surface area contributed by atoms with Crippen LogP contribution in [0.25, 0.3) is 22.2 Å². The van der Waals surface area contributed by atoms with E-state index in [1.165, 1.54) is 4.90 Å². The van der Waals surface area contributed by atoms with Crippen LogP contribution in [0.5, 0.6) is 0 Å². The number of nitrogens with zero attached hydrogens (tertiary/aromatic N) is 3. The number of amides is 2. The van der Waals surface area contributed by atoms with Crippen LogP contribution in [0.2, 0.25) is 5.02 Å². The molecule has 2 aromatic carbocycles. The van der Waals surface area contributed by atoms with Crippen LogP contribution >= 0.6 is 11.6 Å². The Bertz CT molecular complexity index is 1170. The molecule has 1 aromatic heterocycles. The molecule has 8 heteroatoms. The van der Waals surface area contributed by atoms with Crippen molar-refractivity contribution in [2.75, 3.05) is 19.6 Å². The van der Waals surface area contributed by atoms with Crippen LogP contribution < -0.4 is 0 Å². The molecule has 2 heterocycles. The van der Waals surface area contributed by atoms with Gasteiger partial charge in [-0.15, -0.1) is 0 Å². The number of fused-ring (bicyclic) bond motifs is 1. The van der Waals surface area contributed by atoms with E-state index in [4.69, 9.17) is 16.6 Å². The van der Waals surface area contributed by atoms with Gasteiger partial charge in [0, 0.05) is 42.2 Å². The standard InChI is InChI=1S/C23H22ClN3O4/c1-14-12-26(7-8-27(14)23(30)31)22(29)17-5-6-18-19(24)11-20(25-21(18)10-17)16-4-2-3-15(9-16)13-28/h2-6,9-11,14,28H,7-8,12-13H2,1H3,(H,30,31)/t14-/m1/s1. The Morgan fingerprint density at radius 1 is 1.16 bits per heavy atom. The molecule has 1 fully saturated rings. The van der Waals surface area contributed by atoms with Gasteiger partial charge in [0.05, 0.1) is 22.8 Å². The molecule has 7 nitrogen and oxygen atoms in total. The maximum Gasteiger partial charge on any atom is 0.407 e. The molecule has 0 spiro atoms. The number of benzene rings is 2. The first-order valence-corrected chi connectivity index (χ1v) is 10.3. The highest BCUT2D eigenvalue weighted by atomic mass is 35.5. The summed E-state index contributed by atoms with van der Waals surface area (Å²) >= 11 is 6.49. The van der Waals surface area contributed by atoms with Crippen LogP contribution in [-0.2, 0) is 6.61 Å². The molecule has 0 saturated carbocycles. The minimum Gasteiger partial charge on any atom is -0.465 e. The van der Waals surface area contributed by atoms with Crippen molar-refractivity contribution in [3.05, 3.63) is 64.7 Å². The smallest absolute Gasteiger partial charge is 0.407 e. The number of aliphatic hydroxyl groups is 1. The van der Waals surface area contributed by atoms with E-state index in [1.54, 1.807) is 36.1 Å². The maximum absolute atomic E-state index is 13.1. The number of carbonyl (C=O) groups is 2. The number of hydrogen-bond acceptors (Lipinski definition) is 4. The van der Waals surface area contributed by atoms with Gasteiger partial charge in [-0.05, 0) is 36.8 Å². The van der Waals surface area contributed by atoms with Gasteiger partial charge < -0.3 is 20.0 Å². The lowest BCUT2D eigenvalue weighted by atomic mass is 10.0. The van der Waals surface area contributed by atoms with E-state index in [1.807, 2.05) is 24.3 Å². The fourth-order valence-corrected chi connectivity index (χ4v) is 4.17. The molecule has 160 valence electrons. The molecule has 2 N–H and O–H groups in total. The molecular formula is C23H22ClN3O4. The molecule has 1 atom stereocenters. The summed E-state index contributed by atoms with van der Waals surface area (Å²) in [6.07, 6.45) is -0.970. The van der Waals surface area contributed by atoms with E-state index in [0.717, 1.165) is 16.5 Å². The predicted molar refractivity (Wildman–Crippen MR) is 118 cm³/mol. The van der Waals surface area contributed by atoms with Crippen LogP contribution in [0.15, 0.2) is 48.5 Å². The average molecular weight is 440 g/mol. The van der Waals surface area contributed by atoms with E-state index < -0.39 is 6.09 Å². The first-order chi connectivity index (χ1) is 14.9. The van der Waals surface area contributed by atoms with Crippen LogP contribution in [0.1, 0.15) is 22.8 Å². The number of pyridine rings is 1. The summed E-state index contributed by atoms with van der Waals surface area (Å²) in [6, 6.07) is 14.1. The molecule has 0 aliphatic carbocycles. The molecule has 0 bridgehead atoms. The van der Waals surface area contributed by atoms with E-state index in [-0.39, 0.29) is 25.1 Å². The number of halogens is 1. The lowest BCUT2D eigenvalue weighted by molar-refractivity contribution is 0.0507. The average Bonchev–Trinajstić information content (AvgIpc) is 2.77. The van der Waals surface area contributed by atoms with Gasteiger partial charge in [-0.1, -0.05) is 35.9 Å². The molecule has 1 saturated heterocycles.